The molecule has 8 heteroatoms. The van der Waals surface area contributed by atoms with E-state index in [1.807, 2.05) is 67.3 Å². The molecule has 0 bridgehead atoms. The molecule has 8 nitrogen and oxygen atoms in total. The zero-order valence-corrected chi connectivity index (χ0v) is 23.3. The number of aromatic nitrogens is 3. The molecule has 1 aliphatic heterocycles. The third-order valence-electron chi connectivity index (χ3n) is 7.61. The zero-order valence-electron chi connectivity index (χ0n) is 23.3. The van der Waals surface area contributed by atoms with Crippen LogP contribution in [0.25, 0.3) is 10.9 Å². The Morgan fingerprint density at radius 3 is 2.60 bits per heavy atom. The topological polar surface area (TPSA) is 72.7 Å². The van der Waals surface area contributed by atoms with E-state index in [0.717, 1.165) is 75.2 Å². The lowest BCUT2D eigenvalue weighted by molar-refractivity contribution is -0.00400. The minimum absolute atomic E-state index is 0.00593. The number of rotatable bonds is 13. The van der Waals surface area contributed by atoms with E-state index in [9.17, 15) is 4.79 Å². The van der Waals surface area contributed by atoms with Crippen LogP contribution >= 0.6 is 0 Å². The van der Waals surface area contributed by atoms with E-state index in [-0.39, 0.29) is 5.56 Å². The summed E-state index contributed by atoms with van der Waals surface area (Å²) in [4.78, 5) is 25.3. The SMILES string of the molecule is Cn1c(=O)ccc2cc(OCCCN(CCN3CCC(OCc4ccncc4)CC3)Cc3cccnc3)ccc21. The summed E-state index contributed by atoms with van der Waals surface area (Å²) in [5, 5.41) is 1.00. The van der Waals surface area contributed by atoms with Crippen LogP contribution in [0, 0.1) is 0 Å². The summed E-state index contributed by atoms with van der Waals surface area (Å²) >= 11 is 0. The highest BCUT2D eigenvalue weighted by Gasteiger charge is 2.20. The number of hydrogen-bond donors (Lipinski definition) is 0. The average molecular weight is 542 g/mol. The number of piperidine rings is 1. The Labute approximate surface area is 236 Å². The fraction of sp³-hybridized carbons (Fsp3) is 0.406. The lowest BCUT2D eigenvalue weighted by Crippen LogP contribution is -2.41. The number of ether oxygens (including phenoxy) is 2. The van der Waals surface area contributed by atoms with Gasteiger partial charge in [-0.1, -0.05) is 6.07 Å². The van der Waals surface area contributed by atoms with E-state index in [1.54, 1.807) is 17.7 Å². The van der Waals surface area contributed by atoms with Gasteiger partial charge >= 0.3 is 0 Å². The predicted octanol–water partition coefficient (Wildman–Crippen LogP) is 4.28. The molecule has 0 amide bonds. The highest BCUT2D eigenvalue weighted by molar-refractivity contribution is 5.80. The summed E-state index contributed by atoms with van der Waals surface area (Å²) in [5.74, 6) is 0.832. The van der Waals surface area contributed by atoms with Crippen LogP contribution in [0.2, 0.25) is 0 Å². The lowest BCUT2D eigenvalue weighted by Gasteiger charge is -2.33. The van der Waals surface area contributed by atoms with Crippen molar-refractivity contribution in [3.63, 3.8) is 0 Å². The largest absolute Gasteiger partial charge is 0.494 e. The van der Waals surface area contributed by atoms with Crippen molar-refractivity contribution in [1.82, 2.24) is 24.3 Å². The number of benzene rings is 1. The Hall–Kier alpha value is -3.59. The van der Waals surface area contributed by atoms with Crippen molar-refractivity contribution < 1.29 is 9.47 Å². The molecular weight excluding hydrogens is 502 g/mol. The van der Waals surface area contributed by atoms with Gasteiger partial charge in [0.25, 0.3) is 5.56 Å². The molecule has 4 aromatic rings. The second-order valence-corrected chi connectivity index (χ2v) is 10.5. The highest BCUT2D eigenvalue weighted by atomic mass is 16.5. The summed E-state index contributed by atoms with van der Waals surface area (Å²) in [5.41, 5.74) is 3.31. The van der Waals surface area contributed by atoms with Gasteiger partial charge in [-0.2, -0.15) is 0 Å². The van der Waals surface area contributed by atoms with Crippen molar-refractivity contribution >= 4 is 10.9 Å². The number of hydrogen-bond acceptors (Lipinski definition) is 7. The summed E-state index contributed by atoms with van der Waals surface area (Å²) < 4.78 is 13.9. The summed E-state index contributed by atoms with van der Waals surface area (Å²) in [7, 11) is 1.79. The van der Waals surface area contributed by atoms with Crippen LogP contribution < -0.4 is 10.3 Å². The van der Waals surface area contributed by atoms with Crippen LogP contribution in [-0.4, -0.2) is 69.8 Å². The molecule has 1 aliphatic rings. The molecule has 0 aliphatic carbocycles. The first-order chi connectivity index (χ1) is 19.6. The summed E-state index contributed by atoms with van der Waals surface area (Å²) in [6.07, 6.45) is 10.8. The molecule has 1 aromatic carbocycles. The van der Waals surface area contributed by atoms with Gasteiger partial charge in [0, 0.05) is 82.6 Å². The van der Waals surface area contributed by atoms with Gasteiger partial charge in [-0.25, -0.2) is 0 Å². The van der Waals surface area contributed by atoms with Crippen LogP contribution in [0.1, 0.15) is 30.4 Å². The number of likely N-dealkylation sites (tertiary alicyclic amines) is 1. The van der Waals surface area contributed by atoms with Gasteiger partial charge in [0.2, 0.25) is 0 Å². The predicted molar refractivity (Wildman–Crippen MR) is 157 cm³/mol. The molecule has 0 radical (unpaired) electrons. The molecular formula is C32H39N5O3. The highest BCUT2D eigenvalue weighted by Crippen LogP contribution is 2.20. The van der Waals surface area contributed by atoms with E-state index < -0.39 is 0 Å². The first-order valence-corrected chi connectivity index (χ1v) is 14.2. The molecule has 1 fully saturated rings. The van der Waals surface area contributed by atoms with Crippen LogP contribution in [-0.2, 0) is 24.9 Å². The van der Waals surface area contributed by atoms with Crippen molar-refractivity contribution in [2.24, 2.45) is 7.05 Å². The maximum atomic E-state index is 11.9. The molecule has 5 rings (SSSR count). The number of fused-ring (bicyclic) bond motifs is 1. The second-order valence-electron chi connectivity index (χ2n) is 10.5. The normalized spacial score (nSPS) is 14.7. The molecule has 3 aromatic heterocycles. The average Bonchev–Trinajstić information content (AvgIpc) is 3.00. The standard InChI is InChI=1S/C32H39N5O3/c1-35-31-7-6-30(22-28(31)5-8-32(35)38)39-21-3-16-37(24-27-4-2-13-34-23-27)20-19-36-17-11-29(12-18-36)40-25-26-9-14-33-15-10-26/h2,4-10,13-15,22-23,29H,3,11-12,16-21,24-25H2,1H3. The maximum Gasteiger partial charge on any atom is 0.250 e. The van der Waals surface area contributed by atoms with E-state index in [0.29, 0.717) is 19.3 Å². The molecule has 1 saturated heterocycles. The van der Waals surface area contributed by atoms with Gasteiger partial charge < -0.3 is 18.9 Å². The van der Waals surface area contributed by atoms with Crippen molar-refractivity contribution in [3.8, 4) is 5.75 Å². The number of aryl methyl sites for hydroxylation is 1. The fourth-order valence-corrected chi connectivity index (χ4v) is 5.23. The van der Waals surface area contributed by atoms with Crippen molar-refractivity contribution in [3.05, 3.63) is 101 Å². The Bertz CT molecular complexity index is 1390. The van der Waals surface area contributed by atoms with Crippen LogP contribution in [0.5, 0.6) is 5.75 Å². The second kappa shape index (κ2) is 14.2. The molecule has 0 atom stereocenters. The third kappa shape index (κ3) is 7.97. The monoisotopic (exact) mass is 541 g/mol. The van der Waals surface area contributed by atoms with Crippen LogP contribution in [0.4, 0.5) is 0 Å². The number of nitrogens with zero attached hydrogens (tertiary/aromatic N) is 5. The maximum absolute atomic E-state index is 11.9. The van der Waals surface area contributed by atoms with Gasteiger partial charge in [-0.15, -0.1) is 0 Å². The van der Waals surface area contributed by atoms with Crippen molar-refractivity contribution in [2.75, 3.05) is 39.3 Å². The fourth-order valence-electron chi connectivity index (χ4n) is 5.23. The smallest absolute Gasteiger partial charge is 0.250 e. The molecule has 4 heterocycles. The minimum Gasteiger partial charge on any atom is -0.494 e. The summed E-state index contributed by atoms with van der Waals surface area (Å²) in [6, 6.07) is 17.5. The van der Waals surface area contributed by atoms with Gasteiger partial charge in [-0.3, -0.25) is 19.7 Å². The van der Waals surface area contributed by atoms with E-state index in [1.165, 1.54) is 11.1 Å². The molecule has 0 saturated carbocycles. The quantitative estimate of drug-likeness (QED) is 0.234. The summed E-state index contributed by atoms with van der Waals surface area (Å²) in [6.45, 7) is 7.31. The van der Waals surface area contributed by atoms with Crippen molar-refractivity contribution in [1.29, 1.82) is 0 Å². The van der Waals surface area contributed by atoms with E-state index >= 15 is 0 Å². The molecule has 0 N–H and O–H groups in total. The number of pyridine rings is 3. The van der Waals surface area contributed by atoms with Crippen LogP contribution in [0.15, 0.2) is 84.2 Å². The zero-order chi connectivity index (χ0) is 27.6. The van der Waals surface area contributed by atoms with Gasteiger partial charge in [0.15, 0.2) is 0 Å². The van der Waals surface area contributed by atoms with E-state index in [4.69, 9.17) is 9.47 Å². The van der Waals surface area contributed by atoms with Crippen LogP contribution in [0.3, 0.4) is 0 Å². The molecule has 0 spiro atoms. The van der Waals surface area contributed by atoms with Gasteiger partial charge in [-0.05, 0) is 72.9 Å². The first-order valence-electron chi connectivity index (χ1n) is 14.2. The molecule has 0 unspecified atom stereocenters. The third-order valence-corrected chi connectivity index (χ3v) is 7.61. The van der Waals surface area contributed by atoms with E-state index in [2.05, 4.69) is 25.8 Å². The Morgan fingerprint density at radius 1 is 0.950 bits per heavy atom. The van der Waals surface area contributed by atoms with Crippen molar-refractivity contribution in [2.45, 2.75) is 38.5 Å². The molecule has 210 valence electrons. The van der Waals surface area contributed by atoms with Gasteiger partial charge in [0.1, 0.15) is 5.75 Å². The Morgan fingerprint density at radius 2 is 1.80 bits per heavy atom. The first kappa shape index (κ1) is 28.0. The Balaban J connectivity index is 1.08. The Kier molecular flexibility index (Phi) is 9.90. The lowest BCUT2D eigenvalue weighted by atomic mass is 10.1. The van der Waals surface area contributed by atoms with Gasteiger partial charge in [0.05, 0.1) is 24.8 Å². The molecule has 40 heavy (non-hydrogen) atoms. The minimum atomic E-state index is -0.00593.